The molecule has 33 heavy (non-hydrogen) atoms. The number of hydrogen-bond donors (Lipinski definition) is 1. The van der Waals surface area contributed by atoms with Gasteiger partial charge in [0.2, 0.25) is 10.0 Å². The minimum absolute atomic E-state index is 0.0159. The molecule has 4 aromatic carbocycles. The zero-order valence-electron chi connectivity index (χ0n) is 17.7. The number of sulfonamides is 1. The predicted molar refractivity (Wildman–Crippen MR) is 134 cm³/mol. The molecule has 0 atom stereocenters. The monoisotopic (exact) mass is 496 g/mol. The zero-order chi connectivity index (χ0) is 23.0. The number of likely N-dealkylation sites (tertiary alicyclic amines) is 1. The lowest BCUT2D eigenvalue weighted by atomic mass is 9.93. The summed E-state index contributed by atoms with van der Waals surface area (Å²) in [5.41, 5.74) is 2.19. The molecule has 1 saturated heterocycles. The lowest BCUT2D eigenvalue weighted by molar-refractivity contribution is 0.105. The van der Waals surface area contributed by atoms with Crippen molar-refractivity contribution in [3.05, 3.63) is 112 Å². The fraction of sp³-hybridized carbons (Fsp3) is 0.154. The van der Waals surface area contributed by atoms with E-state index in [-0.39, 0.29) is 12.1 Å². The normalized spacial score (nSPS) is 15.1. The van der Waals surface area contributed by atoms with Crippen molar-refractivity contribution >= 4 is 44.0 Å². The Bertz CT molecular complexity index is 1330. The Morgan fingerprint density at radius 1 is 0.758 bits per heavy atom. The minimum atomic E-state index is -3.65. The van der Waals surface area contributed by atoms with Gasteiger partial charge in [0.25, 0.3) is 0 Å². The third kappa shape index (κ3) is 4.65. The van der Waals surface area contributed by atoms with Crippen LogP contribution >= 0.6 is 23.2 Å². The van der Waals surface area contributed by atoms with Crippen LogP contribution in [0.4, 0.5) is 0 Å². The van der Waals surface area contributed by atoms with Gasteiger partial charge in [0.1, 0.15) is 0 Å². The van der Waals surface area contributed by atoms with E-state index in [1.54, 1.807) is 12.1 Å². The summed E-state index contributed by atoms with van der Waals surface area (Å²) in [6.07, 6.45) is 0. The molecule has 0 amide bonds. The molecule has 1 N–H and O–H groups in total. The zero-order valence-corrected chi connectivity index (χ0v) is 20.0. The van der Waals surface area contributed by atoms with Gasteiger partial charge < -0.3 is 0 Å². The Hall–Kier alpha value is -2.41. The van der Waals surface area contributed by atoms with Gasteiger partial charge in [-0.05, 0) is 46.8 Å². The van der Waals surface area contributed by atoms with Crippen molar-refractivity contribution in [3.63, 3.8) is 0 Å². The molecule has 0 aromatic heterocycles. The van der Waals surface area contributed by atoms with Crippen molar-refractivity contribution in [1.82, 2.24) is 9.62 Å². The molecule has 168 valence electrons. The molecule has 4 nitrogen and oxygen atoms in total. The number of benzene rings is 4. The standard InChI is InChI=1S/C26H22Cl2N2O2S/c27-21-12-8-19(9-13-21)26(20-10-14-22(28)15-11-20)30-16-23(17-30)29-33(31,32)25-7-3-5-18-4-1-2-6-24(18)25/h1-15,23,26,29H,16-17H2. The summed E-state index contributed by atoms with van der Waals surface area (Å²) in [7, 11) is -3.65. The maximum atomic E-state index is 13.2. The highest BCUT2D eigenvalue weighted by Crippen LogP contribution is 2.34. The van der Waals surface area contributed by atoms with Gasteiger partial charge in [0.05, 0.1) is 10.9 Å². The summed E-state index contributed by atoms with van der Waals surface area (Å²) in [4.78, 5) is 2.56. The van der Waals surface area contributed by atoms with E-state index < -0.39 is 10.0 Å². The van der Waals surface area contributed by atoms with Crippen molar-refractivity contribution in [3.8, 4) is 0 Å². The largest absolute Gasteiger partial charge is 0.289 e. The van der Waals surface area contributed by atoms with E-state index in [4.69, 9.17) is 23.2 Å². The number of hydrogen-bond acceptors (Lipinski definition) is 3. The predicted octanol–water partition coefficient (Wildman–Crippen LogP) is 5.90. The summed E-state index contributed by atoms with van der Waals surface area (Å²) in [6, 6.07) is 28.2. The van der Waals surface area contributed by atoms with Crippen LogP contribution in [0, 0.1) is 0 Å². The highest BCUT2D eigenvalue weighted by atomic mass is 35.5. The molecule has 0 aliphatic carbocycles. The fourth-order valence-corrected chi connectivity index (χ4v) is 6.12. The first-order valence-corrected chi connectivity index (χ1v) is 12.9. The Kier molecular flexibility index (Phi) is 6.16. The van der Waals surface area contributed by atoms with Crippen LogP contribution in [0.3, 0.4) is 0 Å². The molecule has 1 aliphatic heterocycles. The number of nitrogens with zero attached hydrogens (tertiary/aromatic N) is 1. The van der Waals surface area contributed by atoms with Crippen molar-refractivity contribution < 1.29 is 8.42 Å². The average molecular weight is 497 g/mol. The maximum absolute atomic E-state index is 13.2. The third-order valence-corrected chi connectivity index (χ3v) is 8.09. The number of fused-ring (bicyclic) bond motifs is 1. The smallest absolute Gasteiger partial charge is 0.241 e. The molecule has 0 bridgehead atoms. The quantitative estimate of drug-likeness (QED) is 0.361. The topological polar surface area (TPSA) is 49.4 Å². The third-order valence-electron chi connectivity index (χ3n) is 6.01. The Labute approximate surface area is 203 Å². The molecule has 0 radical (unpaired) electrons. The number of rotatable bonds is 6. The Morgan fingerprint density at radius 2 is 1.30 bits per heavy atom. The fourth-order valence-electron chi connectivity index (χ4n) is 4.42. The average Bonchev–Trinajstić information content (AvgIpc) is 2.79. The minimum Gasteiger partial charge on any atom is -0.289 e. The molecule has 0 unspecified atom stereocenters. The van der Waals surface area contributed by atoms with E-state index in [2.05, 4.69) is 9.62 Å². The molecule has 1 fully saturated rings. The SMILES string of the molecule is O=S(=O)(NC1CN(C(c2ccc(Cl)cc2)c2ccc(Cl)cc2)C1)c1cccc2ccccc12. The van der Waals surface area contributed by atoms with Crippen LogP contribution in [0.15, 0.2) is 95.9 Å². The first-order chi connectivity index (χ1) is 15.9. The van der Waals surface area contributed by atoms with Crippen LogP contribution in [0.1, 0.15) is 17.2 Å². The molecule has 0 saturated carbocycles. The van der Waals surface area contributed by atoms with Crippen LogP contribution in [0.2, 0.25) is 10.0 Å². The van der Waals surface area contributed by atoms with Gasteiger partial charge in [-0.2, -0.15) is 0 Å². The molecule has 5 rings (SSSR count). The van der Waals surface area contributed by atoms with E-state index in [9.17, 15) is 8.42 Å². The summed E-state index contributed by atoms with van der Waals surface area (Å²) < 4.78 is 29.3. The lowest BCUT2D eigenvalue weighted by Crippen LogP contribution is -2.60. The highest BCUT2D eigenvalue weighted by Gasteiger charge is 2.36. The molecular weight excluding hydrogens is 475 g/mol. The van der Waals surface area contributed by atoms with Crippen LogP contribution in [0.25, 0.3) is 10.8 Å². The second kappa shape index (κ2) is 9.09. The Balaban J connectivity index is 1.37. The van der Waals surface area contributed by atoms with E-state index in [0.29, 0.717) is 28.0 Å². The number of halogens is 2. The molecule has 1 aliphatic rings. The van der Waals surface area contributed by atoms with Gasteiger partial charge in [0, 0.05) is 34.6 Å². The summed E-state index contributed by atoms with van der Waals surface area (Å²) in [6.45, 7) is 1.19. The van der Waals surface area contributed by atoms with E-state index in [1.807, 2.05) is 78.9 Å². The first kappa shape index (κ1) is 22.4. The highest BCUT2D eigenvalue weighted by molar-refractivity contribution is 7.89. The van der Waals surface area contributed by atoms with Crippen molar-refractivity contribution in [2.24, 2.45) is 0 Å². The van der Waals surface area contributed by atoms with Gasteiger partial charge >= 0.3 is 0 Å². The van der Waals surface area contributed by atoms with Crippen molar-refractivity contribution in [1.29, 1.82) is 0 Å². The van der Waals surface area contributed by atoms with Crippen LogP contribution in [-0.2, 0) is 10.0 Å². The molecule has 7 heteroatoms. The van der Waals surface area contributed by atoms with Gasteiger partial charge in [-0.3, -0.25) is 4.90 Å². The van der Waals surface area contributed by atoms with Crippen LogP contribution < -0.4 is 4.72 Å². The van der Waals surface area contributed by atoms with Crippen molar-refractivity contribution in [2.75, 3.05) is 13.1 Å². The first-order valence-electron chi connectivity index (χ1n) is 10.7. The number of nitrogens with one attached hydrogen (secondary N) is 1. The van der Waals surface area contributed by atoms with E-state index in [0.717, 1.165) is 21.9 Å². The second-order valence-electron chi connectivity index (χ2n) is 8.26. The molecule has 4 aromatic rings. The van der Waals surface area contributed by atoms with Gasteiger partial charge in [0.15, 0.2) is 0 Å². The molecule has 0 spiro atoms. The van der Waals surface area contributed by atoms with Gasteiger partial charge in [-0.25, -0.2) is 13.1 Å². The maximum Gasteiger partial charge on any atom is 0.241 e. The van der Waals surface area contributed by atoms with E-state index in [1.165, 1.54) is 0 Å². The van der Waals surface area contributed by atoms with Crippen molar-refractivity contribution in [2.45, 2.75) is 17.0 Å². The Morgan fingerprint density at radius 3 is 1.91 bits per heavy atom. The van der Waals surface area contributed by atoms with Gasteiger partial charge in [-0.15, -0.1) is 0 Å². The molecular formula is C26H22Cl2N2O2S. The summed E-state index contributed by atoms with van der Waals surface area (Å²) in [5, 5.41) is 2.99. The lowest BCUT2D eigenvalue weighted by Gasteiger charge is -2.44. The summed E-state index contributed by atoms with van der Waals surface area (Å²) >= 11 is 12.2. The van der Waals surface area contributed by atoms with Crippen LogP contribution in [-0.4, -0.2) is 32.4 Å². The molecule has 1 heterocycles. The van der Waals surface area contributed by atoms with Crippen LogP contribution in [0.5, 0.6) is 0 Å². The van der Waals surface area contributed by atoms with Gasteiger partial charge in [-0.1, -0.05) is 83.9 Å². The second-order valence-corrected chi connectivity index (χ2v) is 10.8. The summed E-state index contributed by atoms with van der Waals surface area (Å²) in [5.74, 6) is 0. The van der Waals surface area contributed by atoms with E-state index >= 15 is 0 Å².